The molecule has 0 radical (unpaired) electrons. The minimum Gasteiger partial charge on any atom is -0.364 e. The molecule has 0 saturated carbocycles. The topological polar surface area (TPSA) is 61.9 Å². The Kier molecular flexibility index (Phi) is 3.68. The van der Waals surface area contributed by atoms with E-state index in [4.69, 9.17) is 4.74 Å². The van der Waals surface area contributed by atoms with Gasteiger partial charge in [-0.3, -0.25) is 9.69 Å². The zero-order valence-corrected chi connectivity index (χ0v) is 15.0. The van der Waals surface area contributed by atoms with E-state index >= 15 is 0 Å². The molecule has 0 aliphatic carbocycles. The molecule has 3 aliphatic heterocycles. The van der Waals surface area contributed by atoms with Gasteiger partial charge < -0.3 is 15.0 Å². The Morgan fingerprint density at radius 1 is 1.11 bits per heavy atom. The number of ether oxygens (including phenoxy) is 1. The average Bonchev–Trinajstić information content (AvgIpc) is 3.42. The van der Waals surface area contributed by atoms with Crippen molar-refractivity contribution in [1.29, 1.82) is 0 Å². The van der Waals surface area contributed by atoms with Crippen molar-refractivity contribution in [3.8, 4) is 0 Å². The fourth-order valence-electron chi connectivity index (χ4n) is 4.38. The van der Waals surface area contributed by atoms with Gasteiger partial charge in [0, 0.05) is 30.9 Å². The van der Waals surface area contributed by atoms with Gasteiger partial charge in [0.05, 0.1) is 13.2 Å². The van der Waals surface area contributed by atoms with Crippen molar-refractivity contribution >= 4 is 17.6 Å². The summed E-state index contributed by atoms with van der Waals surface area (Å²) in [6.07, 6.45) is 0.809. The molecule has 3 aliphatic rings. The van der Waals surface area contributed by atoms with Gasteiger partial charge in [0.2, 0.25) is 0 Å². The van der Waals surface area contributed by atoms with Crippen LogP contribution in [0.3, 0.4) is 0 Å². The number of nitrogens with zero attached hydrogens (tertiary/aromatic N) is 2. The molecule has 1 N–H and O–H groups in total. The van der Waals surface area contributed by atoms with E-state index < -0.39 is 0 Å². The van der Waals surface area contributed by atoms with Crippen molar-refractivity contribution in [2.24, 2.45) is 0 Å². The van der Waals surface area contributed by atoms with E-state index in [2.05, 4.69) is 17.4 Å². The van der Waals surface area contributed by atoms with Gasteiger partial charge in [0.15, 0.2) is 0 Å². The predicted molar refractivity (Wildman–Crippen MR) is 101 cm³/mol. The van der Waals surface area contributed by atoms with Crippen LogP contribution in [0.1, 0.15) is 27.9 Å². The number of likely N-dealkylation sites (tertiary alicyclic amines) is 1. The maximum atomic E-state index is 13.1. The lowest BCUT2D eigenvalue weighted by Gasteiger charge is -2.25. The SMILES string of the molecule is O=C(c1cccc(N2CCNC2=O)c1)N1CCC2(C1)OCc1ccccc12. The van der Waals surface area contributed by atoms with Gasteiger partial charge >= 0.3 is 6.03 Å². The number of urea groups is 1. The molecule has 3 amide bonds. The van der Waals surface area contributed by atoms with E-state index in [1.807, 2.05) is 41.3 Å². The smallest absolute Gasteiger partial charge is 0.321 e. The Bertz CT molecular complexity index is 928. The standard InChI is InChI=1S/C21H21N3O3/c25-19(15-5-3-6-17(12-15)24-11-9-22-20(24)26)23-10-8-21(14-23)18-7-2-1-4-16(18)13-27-21/h1-7,12H,8-11,13-14H2,(H,22,26). The van der Waals surface area contributed by atoms with Gasteiger partial charge in [-0.2, -0.15) is 0 Å². The second kappa shape index (κ2) is 6.09. The van der Waals surface area contributed by atoms with Crippen LogP contribution >= 0.6 is 0 Å². The number of amides is 3. The monoisotopic (exact) mass is 363 g/mol. The summed E-state index contributed by atoms with van der Waals surface area (Å²) in [4.78, 5) is 28.5. The minimum atomic E-state index is -0.376. The lowest BCUT2D eigenvalue weighted by molar-refractivity contribution is -0.0282. The van der Waals surface area contributed by atoms with Crippen molar-refractivity contribution in [3.05, 3.63) is 65.2 Å². The second-order valence-corrected chi connectivity index (χ2v) is 7.35. The third-order valence-corrected chi connectivity index (χ3v) is 5.79. The summed E-state index contributed by atoms with van der Waals surface area (Å²) in [5.74, 6) is -0.0127. The number of hydrogen-bond donors (Lipinski definition) is 1. The van der Waals surface area contributed by atoms with E-state index in [-0.39, 0.29) is 17.5 Å². The van der Waals surface area contributed by atoms with Gasteiger partial charge in [-0.1, -0.05) is 30.3 Å². The zero-order valence-electron chi connectivity index (χ0n) is 15.0. The highest BCUT2D eigenvalue weighted by atomic mass is 16.5. The molecule has 5 rings (SSSR count). The molecule has 6 heteroatoms. The van der Waals surface area contributed by atoms with E-state index in [9.17, 15) is 9.59 Å². The number of hydrogen-bond acceptors (Lipinski definition) is 3. The molecule has 1 atom stereocenters. The zero-order chi connectivity index (χ0) is 18.4. The fraction of sp³-hybridized carbons (Fsp3) is 0.333. The summed E-state index contributed by atoms with van der Waals surface area (Å²) in [5, 5.41) is 2.79. The summed E-state index contributed by atoms with van der Waals surface area (Å²) in [6, 6.07) is 15.5. The Morgan fingerprint density at radius 2 is 2.00 bits per heavy atom. The van der Waals surface area contributed by atoms with Crippen molar-refractivity contribution in [1.82, 2.24) is 10.2 Å². The number of benzene rings is 2. The van der Waals surface area contributed by atoms with Crippen LogP contribution in [0.4, 0.5) is 10.5 Å². The van der Waals surface area contributed by atoms with Gasteiger partial charge in [-0.25, -0.2) is 4.79 Å². The first-order valence-electron chi connectivity index (χ1n) is 9.33. The molecule has 0 bridgehead atoms. The van der Waals surface area contributed by atoms with Crippen molar-refractivity contribution in [2.75, 3.05) is 31.1 Å². The molecule has 1 unspecified atom stereocenters. The van der Waals surface area contributed by atoms with Crippen LogP contribution in [0, 0.1) is 0 Å². The molecule has 6 nitrogen and oxygen atoms in total. The number of fused-ring (bicyclic) bond motifs is 2. The van der Waals surface area contributed by atoms with Crippen LogP contribution in [0.25, 0.3) is 0 Å². The Balaban J connectivity index is 1.38. The fourth-order valence-corrected chi connectivity index (χ4v) is 4.38. The third-order valence-electron chi connectivity index (χ3n) is 5.79. The first kappa shape index (κ1) is 16.3. The molecular formula is C21H21N3O3. The lowest BCUT2D eigenvalue weighted by atomic mass is 9.92. The molecule has 3 heterocycles. The molecular weight excluding hydrogens is 342 g/mol. The quantitative estimate of drug-likeness (QED) is 0.892. The molecule has 1 spiro atoms. The Labute approximate surface area is 157 Å². The summed E-state index contributed by atoms with van der Waals surface area (Å²) in [6.45, 7) is 3.09. The van der Waals surface area contributed by atoms with E-state index in [1.54, 1.807) is 4.90 Å². The van der Waals surface area contributed by atoms with Crippen LogP contribution in [-0.4, -0.2) is 43.0 Å². The number of anilines is 1. The normalized spacial score (nSPS) is 23.8. The maximum absolute atomic E-state index is 13.1. The first-order chi connectivity index (χ1) is 13.2. The van der Waals surface area contributed by atoms with Crippen LogP contribution in [0.15, 0.2) is 48.5 Å². The third kappa shape index (κ3) is 2.59. The van der Waals surface area contributed by atoms with Crippen LogP contribution in [-0.2, 0) is 16.9 Å². The predicted octanol–water partition coefficient (Wildman–Crippen LogP) is 2.49. The lowest BCUT2D eigenvalue weighted by Crippen LogP contribution is -2.34. The Morgan fingerprint density at radius 3 is 2.85 bits per heavy atom. The van der Waals surface area contributed by atoms with Crippen molar-refractivity contribution < 1.29 is 14.3 Å². The first-order valence-corrected chi connectivity index (χ1v) is 9.33. The van der Waals surface area contributed by atoms with E-state index in [0.29, 0.717) is 38.3 Å². The van der Waals surface area contributed by atoms with Crippen molar-refractivity contribution in [3.63, 3.8) is 0 Å². The van der Waals surface area contributed by atoms with Crippen molar-refractivity contribution in [2.45, 2.75) is 18.6 Å². The largest absolute Gasteiger partial charge is 0.364 e. The molecule has 27 heavy (non-hydrogen) atoms. The van der Waals surface area contributed by atoms with Crippen LogP contribution in [0.2, 0.25) is 0 Å². The highest BCUT2D eigenvalue weighted by Crippen LogP contribution is 2.43. The van der Waals surface area contributed by atoms with Gasteiger partial charge in [-0.05, 0) is 35.7 Å². The number of carbonyl (C=O) groups is 2. The summed E-state index contributed by atoms with van der Waals surface area (Å²) in [7, 11) is 0. The van der Waals surface area contributed by atoms with Crippen LogP contribution < -0.4 is 10.2 Å². The maximum Gasteiger partial charge on any atom is 0.321 e. The van der Waals surface area contributed by atoms with Gasteiger partial charge in [0.1, 0.15) is 5.60 Å². The van der Waals surface area contributed by atoms with E-state index in [0.717, 1.165) is 12.1 Å². The molecule has 2 aromatic carbocycles. The molecule has 2 fully saturated rings. The minimum absolute atomic E-state index is 0.0127. The number of rotatable bonds is 2. The van der Waals surface area contributed by atoms with E-state index in [1.165, 1.54) is 11.1 Å². The van der Waals surface area contributed by atoms with Gasteiger partial charge in [0.25, 0.3) is 5.91 Å². The summed E-state index contributed by atoms with van der Waals surface area (Å²) < 4.78 is 6.15. The second-order valence-electron chi connectivity index (χ2n) is 7.35. The number of carbonyl (C=O) groups excluding carboxylic acids is 2. The molecule has 2 aromatic rings. The van der Waals surface area contributed by atoms with Gasteiger partial charge in [-0.15, -0.1) is 0 Å². The Hall–Kier alpha value is -2.86. The highest BCUT2D eigenvalue weighted by Gasteiger charge is 2.46. The average molecular weight is 363 g/mol. The molecule has 0 aromatic heterocycles. The molecule has 138 valence electrons. The summed E-state index contributed by atoms with van der Waals surface area (Å²) in [5.41, 5.74) is 3.41. The van der Waals surface area contributed by atoms with Crippen LogP contribution in [0.5, 0.6) is 0 Å². The number of nitrogens with one attached hydrogen (secondary N) is 1. The summed E-state index contributed by atoms with van der Waals surface area (Å²) >= 11 is 0. The molecule has 2 saturated heterocycles. The highest BCUT2D eigenvalue weighted by molar-refractivity contribution is 5.98.